The predicted octanol–water partition coefficient (Wildman–Crippen LogP) is 4.01. The van der Waals surface area contributed by atoms with Gasteiger partial charge in [0, 0.05) is 19.5 Å². The van der Waals surface area contributed by atoms with Crippen LogP contribution in [0.2, 0.25) is 0 Å². The van der Waals surface area contributed by atoms with E-state index >= 15 is 0 Å². The molecule has 33 heavy (non-hydrogen) atoms. The van der Waals surface area contributed by atoms with Crippen LogP contribution in [-0.4, -0.2) is 49.1 Å². The lowest BCUT2D eigenvalue weighted by Crippen LogP contribution is -2.50. The lowest BCUT2D eigenvalue weighted by atomic mass is 10.0. The fourth-order valence-electron chi connectivity index (χ4n) is 3.96. The third-order valence-electron chi connectivity index (χ3n) is 5.79. The molecule has 1 heterocycles. The van der Waals surface area contributed by atoms with Crippen molar-refractivity contribution in [3.63, 3.8) is 0 Å². The van der Waals surface area contributed by atoms with Gasteiger partial charge < -0.3 is 19.7 Å². The lowest BCUT2D eigenvalue weighted by Gasteiger charge is -2.31. The highest BCUT2D eigenvalue weighted by atomic mass is 16.6. The molecule has 2 aromatic rings. The summed E-state index contributed by atoms with van der Waals surface area (Å²) >= 11 is 0. The molecule has 0 aliphatic carbocycles. The summed E-state index contributed by atoms with van der Waals surface area (Å²) in [5.74, 6) is 1.75. The molecule has 0 aromatic heterocycles. The summed E-state index contributed by atoms with van der Waals surface area (Å²) in [6.45, 7) is 8.29. The Morgan fingerprint density at radius 1 is 0.970 bits per heavy atom. The SMILES string of the molecule is CCC(C(=O)NCC(C)C)N(CCc1ccccc1)C(=O)CCc1ccc2c(c1)OCCO2. The Morgan fingerprint density at radius 2 is 1.70 bits per heavy atom. The van der Waals surface area contributed by atoms with Crippen LogP contribution >= 0.6 is 0 Å². The van der Waals surface area contributed by atoms with E-state index in [0.29, 0.717) is 57.9 Å². The van der Waals surface area contributed by atoms with Crippen LogP contribution in [0.1, 0.15) is 44.7 Å². The second kappa shape index (κ2) is 12.3. The van der Waals surface area contributed by atoms with Crippen molar-refractivity contribution in [1.82, 2.24) is 10.2 Å². The molecule has 0 radical (unpaired) electrons. The zero-order valence-corrected chi connectivity index (χ0v) is 20.0. The van der Waals surface area contributed by atoms with Crippen molar-refractivity contribution in [2.45, 2.75) is 52.5 Å². The number of carbonyl (C=O) groups is 2. The summed E-state index contributed by atoms with van der Waals surface area (Å²) in [6, 6.07) is 15.4. The maximum atomic E-state index is 13.4. The Morgan fingerprint density at radius 3 is 2.39 bits per heavy atom. The third kappa shape index (κ3) is 7.24. The number of nitrogens with one attached hydrogen (secondary N) is 1. The molecule has 1 aliphatic rings. The first-order valence-electron chi connectivity index (χ1n) is 12.0. The Balaban J connectivity index is 1.69. The van der Waals surface area contributed by atoms with Crippen LogP contribution in [0, 0.1) is 5.92 Å². The van der Waals surface area contributed by atoms with Crippen molar-refractivity contribution in [3.8, 4) is 11.5 Å². The van der Waals surface area contributed by atoms with Gasteiger partial charge in [0.05, 0.1) is 0 Å². The van der Waals surface area contributed by atoms with Crippen LogP contribution in [-0.2, 0) is 22.4 Å². The van der Waals surface area contributed by atoms with E-state index in [4.69, 9.17) is 9.47 Å². The predicted molar refractivity (Wildman–Crippen MR) is 130 cm³/mol. The first kappa shape index (κ1) is 24.6. The van der Waals surface area contributed by atoms with Gasteiger partial charge in [0.2, 0.25) is 11.8 Å². The average molecular weight is 453 g/mol. The van der Waals surface area contributed by atoms with E-state index in [0.717, 1.165) is 22.6 Å². The van der Waals surface area contributed by atoms with Gasteiger partial charge in [0.15, 0.2) is 11.5 Å². The standard InChI is InChI=1S/C27H36N2O4/c1-4-23(27(31)28-19-20(2)3)29(15-14-21-8-6-5-7-9-21)26(30)13-11-22-10-12-24-25(18-22)33-17-16-32-24/h5-10,12,18,20,23H,4,11,13-17,19H2,1-3H3,(H,28,31). The number of hydrogen-bond acceptors (Lipinski definition) is 4. The fourth-order valence-corrected chi connectivity index (χ4v) is 3.96. The summed E-state index contributed by atoms with van der Waals surface area (Å²) in [6.07, 6.45) is 2.21. The average Bonchev–Trinajstić information content (AvgIpc) is 2.84. The van der Waals surface area contributed by atoms with Crippen LogP contribution in [0.5, 0.6) is 11.5 Å². The van der Waals surface area contributed by atoms with Crippen LogP contribution in [0.15, 0.2) is 48.5 Å². The number of rotatable bonds is 11. The monoisotopic (exact) mass is 452 g/mol. The zero-order valence-electron chi connectivity index (χ0n) is 20.0. The Kier molecular flexibility index (Phi) is 9.16. The van der Waals surface area contributed by atoms with E-state index in [1.165, 1.54) is 0 Å². The van der Waals surface area contributed by atoms with E-state index in [9.17, 15) is 9.59 Å². The van der Waals surface area contributed by atoms with Crippen molar-refractivity contribution >= 4 is 11.8 Å². The van der Waals surface area contributed by atoms with E-state index < -0.39 is 6.04 Å². The number of amides is 2. The first-order valence-corrected chi connectivity index (χ1v) is 12.0. The number of aryl methyl sites for hydroxylation is 1. The first-order chi connectivity index (χ1) is 16.0. The molecular weight excluding hydrogens is 416 g/mol. The lowest BCUT2D eigenvalue weighted by molar-refractivity contribution is -0.140. The van der Waals surface area contributed by atoms with Gasteiger partial charge in [-0.15, -0.1) is 0 Å². The van der Waals surface area contributed by atoms with Gasteiger partial charge >= 0.3 is 0 Å². The number of nitrogens with zero attached hydrogens (tertiary/aromatic N) is 1. The fraction of sp³-hybridized carbons (Fsp3) is 0.481. The molecule has 178 valence electrons. The molecule has 1 aliphatic heterocycles. The third-order valence-corrected chi connectivity index (χ3v) is 5.79. The minimum atomic E-state index is -0.472. The molecule has 0 saturated heterocycles. The summed E-state index contributed by atoms with van der Waals surface area (Å²) < 4.78 is 11.2. The zero-order chi connectivity index (χ0) is 23.6. The molecule has 6 heteroatoms. The van der Waals surface area contributed by atoms with Crippen LogP contribution in [0.25, 0.3) is 0 Å². The second-order valence-electron chi connectivity index (χ2n) is 8.86. The number of benzene rings is 2. The largest absolute Gasteiger partial charge is 0.486 e. The quantitative estimate of drug-likeness (QED) is 0.559. The summed E-state index contributed by atoms with van der Waals surface area (Å²) in [7, 11) is 0. The Hall–Kier alpha value is -3.02. The molecule has 0 fully saturated rings. The van der Waals surface area contributed by atoms with Crippen molar-refractivity contribution < 1.29 is 19.1 Å². The number of carbonyl (C=O) groups excluding carboxylic acids is 2. The maximum absolute atomic E-state index is 13.4. The molecule has 2 aromatic carbocycles. The summed E-state index contributed by atoms with van der Waals surface area (Å²) in [5, 5.41) is 3.01. The molecule has 2 amide bonds. The van der Waals surface area contributed by atoms with Gasteiger partial charge in [0.1, 0.15) is 19.3 Å². The normalized spacial score (nSPS) is 13.5. The van der Waals surface area contributed by atoms with Crippen LogP contribution in [0.4, 0.5) is 0 Å². The highest BCUT2D eigenvalue weighted by Gasteiger charge is 2.28. The molecule has 0 saturated carbocycles. The number of hydrogen-bond donors (Lipinski definition) is 1. The highest BCUT2D eigenvalue weighted by Crippen LogP contribution is 2.31. The molecule has 3 rings (SSSR count). The minimum absolute atomic E-state index is 0.00707. The van der Waals surface area contributed by atoms with E-state index in [1.54, 1.807) is 4.90 Å². The van der Waals surface area contributed by atoms with E-state index in [1.807, 2.05) is 43.3 Å². The molecule has 1 unspecified atom stereocenters. The van der Waals surface area contributed by atoms with E-state index in [2.05, 4.69) is 31.3 Å². The Bertz CT molecular complexity index is 914. The van der Waals surface area contributed by atoms with Crippen LogP contribution < -0.4 is 14.8 Å². The molecule has 1 N–H and O–H groups in total. The number of ether oxygens (including phenoxy) is 2. The van der Waals surface area contributed by atoms with Crippen molar-refractivity contribution in [3.05, 3.63) is 59.7 Å². The van der Waals surface area contributed by atoms with Gasteiger partial charge in [-0.05, 0) is 48.4 Å². The van der Waals surface area contributed by atoms with Gasteiger partial charge in [-0.1, -0.05) is 57.2 Å². The molecule has 1 atom stereocenters. The van der Waals surface area contributed by atoms with E-state index in [-0.39, 0.29) is 11.8 Å². The van der Waals surface area contributed by atoms with Gasteiger partial charge in [-0.2, -0.15) is 0 Å². The highest BCUT2D eigenvalue weighted by molar-refractivity contribution is 5.87. The van der Waals surface area contributed by atoms with Crippen LogP contribution in [0.3, 0.4) is 0 Å². The van der Waals surface area contributed by atoms with Crippen molar-refractivity contribution in [2.24, 2.45) is 5.92 Å². The minimum Gasteiger partial charge on any atom is -0.486 e. The molecular formula is C27H36N2O4. The van der Waals surface area contributed by atoms with Gasteiger partial charge in [-0.3, -0.25) is 9.59 Å². The van der Waals surface area contributed by atoms with Gasteiger partial charge in [-0.25, -0.2) is 0 Å². The van der Waals surface area contributed by atoms with Crippen molar-refractivity contribution in [1.29, 1.82) is 0 Å². The maximum Gasteiger partial charge on any atom is 0.242 e. The second-order valence-corrected chi connectivity index (χ2v) is 8.86. The summed E-state index contributed by atoms with van der Waals surface area (Å²) in [5.41, 5.74) is 2.17. The molecule has 0 spiro atoms. The van der Waals surface area contributed by atoms with Crippen molar-refractivity contribution in [2.75, 3.05) is 26.3 Å². The topological polar surface area (TPSA) is 67.9 Å². The summed E-state index contributed by atoms with van der Waals surface area (Å²) in [4.78, 5) is 28.1. The number of fused-ring (bicyclic) bond motifs is 1. The van der Waals surface area contributed by atoms with Gasteiger partial charge in [0.25, 0.3) is 0 Å². The Labute approximate surface area is 197 Å². The smallest absolute Gasteiger partial charge is 0.242 e. The molecule has 6 nitrogen and oxygen atoms in total. The molecule has 0 bridgehead atoms.